The van der Waals surface area contributed by atoms with Crippen molar-refractivity contribution < 1.29 is 9.53 Å². The van der Waals surface area contributed by atoms with E-state index in [1.54, 1.807) is 30.5 Å². The Bertz CT molecular complexity index is 1030. The molecular weight excluding hydrogens is 397 g/mol. The van der Waals surface area contributed by atoms with Gasteiger partial charge in [0.2, 0.25) is 0 Å². The number of hydrazone groups is 1. The first-order chi connectivity index (χ1) is 13.5. The molecule has 7 heteroatoms. The standard InChI is InChI=1S/C21H19Cl2N3O2/c1-14-10-16(15(2)26(14)18-7-5-6-17(22)11-18)12-24-25-21(27)13-28-20-9-4-3-8-19(20)23/h3-12H,13H2,1-2H3,(H,25,27)/b24-12+. The number of benzene rings is 2. The van der Waals surface area contributed by atoms with Gasteiger partial charge in [0, 0.05) is 27.7 Å². The number of rotatable bonds is 6. The minimum absolute atomic E-state index is 0.178. The number of hydrogen-bond acceptors (Lipinski definition) is 3. The van der Waals surface area contributed by atoms with Crippen LogP contribution in [0, 0.1) is 13.8 Å². The predicted molar refractivity (Wildman–Crippen MR) is 113 cm³/mol. The summed E-state index contributed by atoms with van der Waals surface area (Å²) < 4.78 is 7.46. The highest BCUT2D eigenvalue weighted by atomic mass is 35.5. The van der Waals surface area contributed by atoms with Crippen LogP contribution in [0.15, 0.2) is 59.7 Å². The molecule has 0 fully saturated rings. The van der Waals surface area contributed by atoms with Crippen LogP contribution in [0.5, 0.6) is 5.75 Å². The molecule has 0 spiro atoms. The molecule has 3 rings (SSSR count). The summed E-state index contributed by atoms with van der Waals surface area (Å²) in [5.41, 5.74) is 6.35. The molecule has 1 aromatic heterocycles. The Balaban J connectivity index is 1.64. The van der Waals surface area contributed by atoms with E-state index in [1.807, 2.05) is 44.2 Å². The zero-order chi connectivity index (χ0) is 20.1. The lowest BCUT2D eigenvalue weighted by Gasteiger charge is -2.09. The number of hydrogen-bond donors (Lipinski definition) is 1. The first-order valence-corrected chi connectivity index (χ1v) is 9.35. The van der Waals surface area contributed by atoms with Crippen molar-refractivity contribution in [2.45, 2.75) is 13.8 Å². The van der Waals surface area contributed by atoms with Gasteiger partial charge in [-0.15, -0.1) is 0 Å². The molecule has 28 heavy (non-hydrogen) atoms. The summed E-state index contributed by atoms with van der Waals surface area (Å²) in [5, 5.41) is 5.15. The zero-order valence-electron chi connectivity index (χ0n) is 15.4. The number of nitrogens with one attached hydrogen (secondary N) is 1. The van der Waals surface area contributed by atoms with Crippen molar-refractivity contribution >= 4 is 35.3 Å². The molecule has 0 aliphatic carbocycles. The molecule has 144 valence electrons. The average Bonchev–Trinajstić information content (AvgIpc) is 2.94. The first kappa shape index (κ1) is 20.0. The molecule has 0 saturated carbocycles. The van der Waals surface area contributed by atoms with Crippen molar-refractivity contribution in [1.29, 1.82) is 0 Å². The van der Waals surface area contributed by atoms with E-state index in [9.17, 15) is 4.79 Å². The van der Waals surface area contributed by atoms with E-state index in [2.05, 4.69) is 15.1 Å². The monoisotopic (exact) mass is 415 g/mol. The summed E-state index contributed by atoms with van der Waals surface area (Å²) in [6.45, 7) is 3.81. The van der Waals surface area contributed by atoms with Crippen molar-refractivity contribution in [1.82, 2.24) is 9.99 Å². The van der Waals surface area contributed by atoms with Gasteiger partial charge >= 0.3 is 0 Å². The van der Waals surface area contributed by atoms with Crippen LogP contribution in [-0.2, 0) is 4.79 Å². The highest BCUT2D eigenvalue weighted by molar-refractivity contribution is 6.32. The fourth-order valence-electron chi connectivity index (χ4n) is 2.84. The van der Waals surface area contributed by atoms with Crippen molar-refractivity contribution in [2.24, 2.45) is 5.10 Å². The molecule has 1 N–H and O–H groups in total. The molecule has 3 aromatic rings. The van der Waals surface area contributed by atoms with Gasteiger partial charge in [0.1, 0.15) is 5.75 Å². The Morgan fingerprint density at radius 2 is 1.93 bits per heavy atom. The maximum absolute atomic E-state index is 11.9. The van der Waals surface area contributed by atoms with Crippen molar-refractivity contribution in [3.05, 3.63) is 81.6 Å². The summed E-state index contributed by atoms with van der Waals surface area (Å²) in [5.74, 6) is 0.0770. The molecule has 0 radical (unpaired) electrons. The third kappa shape index (κ3) is 4.74. The number of halogens is 2. The first-order valence-electron chi connectivity index (χ1n) is 8.60. The van der Waals surface area contributed by atoms with Crippen LogP contribution in [0.4, 0.5) is 0 Å². The second-order valence-electron chi connectivity index (χ2n) is 6.15. The number of para-hydroxylation sites is 1. The minimum atomic E-state index is -0.375. The van der Waals surface area contributed by atoms with E-state index in [1.165, 1.54) is 0 Å². The fourth-order valence-corrected chi connectivity index (χ4v) is 3.22. The normalized spacial score (nSPS) is 11.0. The predicted octanol–water partition coefficient (Wildman–Crippen LogP) is 4.93. The van der Waals surface area contributed by atoms with Crippen LogP contribution in [0.25, 0.3) is 5.69 Å². The molecular formula is C21H19Cl2N3O2. The second-order valence-corrected chi connectivity index (χ2v) is 7.00. The maximum atomic E-state index is 11.9. The van der Waals surface area contributed by atoms with E-state index in [4.69, 9.17) is 27.9 Å². The average molecular weight is 416 g/mol. The van der Waals surface area contributed by atoms with Gasteiger partial charge in [-0.2, -0.15) is 5.10 Å². The smallest absolute Gasteiger partial charge is 0.277 e. The van der Waals surface area contributed by atoms with Crippen LogP contribution in [0.1, 0.15) is 17.0 Å². The number of carbonyl (C=O) groups excluding carboxylic acids is 1. The lowest BCUT2D eigenvalue weighted by molar-refractivity contribution is -0.123. The van der Waals surface area contributed by atoms with Gasteiger partial charge in [0.25, 0.3) is 5.91 Å². The third-order valence-corrected chi connectivity index (χ3v) is 4.67. The lowest BCUT2D eigenvalue weighted by Crippen LogP contribution is -2.24. The van der Waals surface area contributed by atoms with Crippen LogP contribution in [0.3, 0.4) is 0 Å². The number of ether oxygens (including phenoxy) is 1. The van der Waals surface area contributed by atoms with Gasteiger partial charge in [-0.1, -0.05) is 41.4 Å². The number of aromatic nitrogens is 1. The number of carbonyl (C=O) groups is 1. The summed E-state index contributed by atoms with van der Waals surface area (Å²) in [7, 11) is 0. The topological polar surface area (TPSA) is 55.6 Å². The second kappa shape index (κ2) is 8.95. The summed E-state index contributed by atoms with van der Waals surface area (Å²) in [6, 6.07) is 16.6. The quantitative estimate of drug-likeness (QED) is 0.458. The van der Waals surface area contributed by atoms with Gasteiger partial charge in [0.05, 0.1) is 11.2 Å². The highest BCUT2D eigenvalue weighted by Crippen LogP contribution is 2.23. The van der Waals surface area contributed by atoms with E-state index >= 15 is 0 Å². The molecule has 1 heterocycles. The zero-order valence-corrected chi connectivity index (χ0v) is 17.0. The Morgan fingerprint density at radius 3 is 2.68 bits per heavy atom. The van der Waals surface area contributed by atoms with Gasteiger partial charge in [0.15, 0.2) is 6.61 Å². The van der Waals surface area contributed by atoms with E-state index in [0.717, 1.165) is 22.6 Å². The number of aryl methyl sites for hydroxylation is 1. The van der Waals surface area contributed by atoms with Crippen LogP contribution in [0.2, 0.25) is 10.0 Å². The number of nitrogens with zero attached hydrogens (tertiary/aromatic N) is 2. The minimum Gasteiger partial charge on any atom is -0.482 e. The lowest BCUT2D eigenvalue weighted by atomic mass is 10.2. The van der Waals surface area contributed by atoms with Gasteiger partial charge in [-0.25, -0.2) is 5.43 Å². The molecule has 5 nitrogen and oxygen atoms in total. The van der Waals surface area contributed by atoms with Crippen LogP contribution in [-0.4, -0.2) is 23.3 Å². The molecule has 0 aliphatic rings. The summed E-state index contributed by atoms with van der Waals surface area (Å²) >= 11 is 12.1. The maximum Gasteiger partial charge on any atom is 0.277 e. The Labute approximate surface area is 173 Å². The molecule has 0 saturated heterocycles. The number of amides is 1. The molecule has 0 unspecified atom stereocenters. The van der Waals surface area contributed by atoms with Crippen molar-refractivity contribution in [2.75, 3.05) is 6.61 Å². The van der Waals surface area contributed by atoms with Crippen LogP contribution >= 0.6 is 23.2 Å². The largest absolute Gasteiger partial charge is 0.482 e. The van der Waals surface area contributed by atoms with Gasteiger partial charge in [-0.3, -0.25) is 4.79 Å². The Hall–Kier alpha value is -2.76. The van der Waals surface area contributed by atoms with Gasteiger partial charge in [-0.05, 0) is 50.2 Å². The van der Waals surface area contributed by atoms with Crippen molar-refractivity contribution in [3.8, 4) is 11.4 Å². The molecule has 2 aromatic carbocycles. The molecule has 0 bridgehead atoms. The van der Waals surface area contributed by atoms with E-state index < -0.39 is 0 Å². The fraction of sp³-hybridized carbons (Fsp3) is 0.143. The van der Waals surface area contributed by atoms with Gasteiger partial charge < -0.3 is 9.30 Å². The molecule has 0 atom stereocenters. The third-order valence-electron chi connectivity index (χ3n) is 4.12. The summed E-state index contributed by atoms with van der Waals surface area (Å²) in [4.78, 5) is 11.9. The summed E-state index contributed by atoms with van der Waals surface area (Å²) in [6.07, 6.45) is 1.61. The molecule has 0 aliphatic heterocycles. The van der Waals surface area contributed by atoms with Crippen LogP contribution < -0.4 is 10.2 Å². The van der Waals surface area contributed by atoms with Crippen molar-refractivity contribution in [3.63, 3.8) is 0 Å². The SMILES string of the molecule is Cc1cc(/C=N/NC(=O)COc2ccccc2Cl)c(C)n1-c1cccc(Cl)c1. The Morgan fingerprint density at radius 1 is 1.14 bits per heavy atom. The van der Waals surface area contributed by atoms with E-state index in [-0.39, 0.29) is 12.5 Å². The Kier molecular flexibility index (Phi) is 6.39. The van der Waals surface area contributed by atoms with E-state index in [0.29, 0.717) is 15.8 Å². The molecule has 1 amide bonds. The highest BCUT2D eigenvalue weighted by Gasteiger charge is 2.10.